The van der Waals surface area contributed by atoms with Gasteiger partial charge in [0, 0.05) is 29.6 Å². The number of methoxy groups -OCH3 is 1. The quantitative estimate of drug-likeness (QED) is 0.818. The lowest BCUT2D eigenvalue weighted by Gasteiger charge is -2.36. The average Bonchev–Trinajstić information content (AvgIpc) is 2.39. The fraction of sp³-hybridized carbons (Fsp3) is 0.625. The van der Waals surface area contributed by atoms with E-state index in [1.807, 2.05) is 12.1 Å². The van der Waals surface area contributed by atoms with Gasteiger partial charge in [0.05, 0.1) is 7.11 Å². The fourth-order valence-electron chi connectivity index (χ4n) is 2.46. The van der Waals surface area contributed by atoms with Gasteiger partial charge in [-0.1, -0.05) is 29.8 Å². The second kappa shape index (κ2) is 8.01. The predicted octanol–water partition coefficient (Wildman–Crippen LogP) is 3.82. The van der Waals surface area contributed by atoms with Crippen molar-refractivity contribution in [1.82, 2.24) is 4.90 Å². The summed E-state index contributed by atoms with van der Waals surface area (Å²) in [6, 6.07) is 6.72. The minimum absolute atomic E-state index is 0.196. The molecule has 0 fully saturated rings. The minimum Gasteiger partial charge on any atom is -0.497 e. The Kier molecular flexibility index (Phi) is 7.00. The first-order valence-electron chi connectivity index (χ1n) is 7.19. The molecule has 0 aromatic heterocycles. The van der Waals surface area contributed by atoms with Crippen molar-refractivity contribution in [3.63, 3.8) is 0 Å². The van der Waals surface area contributed by atoms with Crippen molar-refractivity contribution in [2.45, 2.75) is 39.8 Å². The van der Waals surface area contributed by atoms with E-state index in [9.17, 15) is 0 Å². The zero-order chi connectivity index (χ0) is 15.3. The van der Waals surface area contributed by atoms with Crippen LogP contribution in [0.25, 0.3) is 0 Å². The first-order chi connectivity index (χ1) is 9.40. The molecular weight excluding hydrogens is 316 g/mol. The number of halogens is 1. The first kappa shape index (κ1) is 17.5. The molecule has 20 heavy (non-hydrogen) atoms. The van der Waals surface area contributed by atoms with E-state index in [1.54, 1.807) is 7.11 Å². The molecule has 1 aromatic carbocycles. The predicted molar refractivity (Wildman–Crippen MR) is 89.2 cm³/mol. The van der Waals surface area contributed by atoms with Gasteiger partial charge in [-0.05, 0) is 43.5 Å². The third-order valence-corrected chi connectivity index (χ3v) is 4.15. The second-order valence-electron chi connectivity index (χ2n) is 5.82. The van der Waals surface area contributed by atoms with Crippen molar-refractivity contribution in [2.24, 2.45) is 11.7 Å². The first-order valence-corrected chi connectivity index (χ1v) is 7.99. The third-order valence-electron chi connectivity index (χ3n) is 3.43. The highest BCUT2D eigenvalue weighted by molar-refractivity contribution is 9.10. The normalized spacial score (nSPS) is 13.3. The molecule has 0 spiro atoms. The lowest BCUT2D eigenvalue weighted by molar-refractivity contribution is 0.138. The van der Waals surface area contributed by atoms with Gasteiger partial charge in [0.15, 0.2) is 0 Å². The summed E-state index contributed by atoms with van der Waals surface area (Å²) in [4.78, 5) is 2.46. The van der Waals surface area contributed by atoms with Crippen molar-refractivity contribution in [3.05, 3.63) is 28.2 Å². The molecule has 3 nitrogen and oxygen atoms in total. The molecule has 0 aliphatic carbocycles. The van der Waals surface area contributed by atoms with Gasteiger partial charge in [-0.25, -0.2) is 0 Å². The van der Waals surface area contributed by atoms with Crippen LogP contribution in [0.15, 0.2) is 22.7 Å². The average molecular weight is 343 g/mol. The summed E-state index contributed by atoms with van der Waals surface area (Å²) in [6.45, 7) is 10.5. The number of nitrogens with two attached hydrogens (primary N) is 1. The van der Waals surface area contributed by atoms with E-state index < -0.39 is 0 Å². The van der Waals surface area contributed by atoms with Gasteiger partial charge in [0.25, 0.3) is 0 Å². The molecule has 2 N–H and O–H groups in total. The number of hydrogen-bond donors (Lipinski definition) is 1. The molecule has 0 radical (unpaired) electrons. The number of rotatable bonds is 7. The van der Waals surface area contributed by atoms with E-state index in [0.29, 0.717) is 18.5 Å². The van der Waals surface area contributed by atoms with Crippen LogP contribution in [0.1, 0.15) is 39.3 Å². The van der Waals surface area contributed by atoms with Crippen LogP contribution in [0.3, 0.4) is 0 Å². The summed E-state index contributed by atoms with van der Waals surface area (Å²) in [5.74, 6) is 1.48. The Hall–Kier alpha value is -0.580. The maximum absolute atomic E-state index is 6.08. The van der Waals surface area contributed by atoms with Crippen LogP contribution < -0.4 is 10.5 Å². The molecule has 1 aromatic rings. The van der Waals surface area contributed by atoms with Gasteiger partial charge < -0.3 is 10.5 Å². The molecule has 0 heterocycles. The van der Waals surface area contributed by atoms with Crippen molar-refractivity contribution < 1.29 is 4.74 Å². The zero-order valence-corrected chi connectivity index (χ0v) is 14.8. The number of hydrogen-bond acceptors (Lipinski definition) is 3. The maximum atomic E-state index is 6.08. The van der Waals surface area contributed by atoms with Crippen molar-refractivity contribution in [1.29, 1.82) is 0 Å². The van der Waals surface area contributed by atoms with E-state index in [0.717, 1.165) is 16.8 Å². The molecular formula is C16H27BrN2O. The Labute approximate surface area is 131 Å². The van der Waals surface area contributed by atoms with E-state index >= 15 is 0 Å². The molecule has 0 aliphatic heterocycles. The Morgan fingerprint density at radius 2 is 1.90 bits per heavy atom. The van der Waals surface area contributed by atoms with Crippen LogP contribution >= 0.6 is 15.9 Å². The summed E-state index contributed by atoms with van der Waals surface area (Å²) >= 11 is 3.65. The van der Waals surface area contributed by atoms with Gasteiger partial charge in [-0.15, -0.1) is 0 Å². The van der Waals surface area contributed by atoms with Crippen LogP contribution in [0.4, 0.5) is 0 Å². The fourth-order valence-corrected chi connectivity index (χ4v) is 2.98. The van der Waals surface area contributed by atoms with Crippen LogP contribution in [-0.4, -0.2) is 31.1 Å². The summed E-state index contributed by atoms with van der Waals surface area (Å²) in [5.41, 5.74) is 7.27. The molecule has 0 bridgehead atoms. The topological polar surface area (TPSA) is 38.5 Å². The highest BCUT2D eigenvalue weighted by Gasteiger charge is 2.24. The number of ether oxygens (including phenoxy) is 1. The largest absolute Gasteiger partial charge is 0.497 e. The minimum atomic E-state index is 0.196. The summed E-state index contributed by atoms with van der Waals surface area (Å²) < 4.78 is 6.43. The molecule has 1 atom stereocenters. The van der Waals surface area contributed by atoms with Crippen molar-refractivity contribution in [2.75, 3.05) is 20.2 Å². The molecule has 0 aliphatic rings. The van der Waals surface area contributed by atoms with Gasteiger partial charge >= 0.3 is 0 Å². The van der Waals surface area contributed by atoms with E-state index in [1.165, 1.54) is 5.56 Å². The van der Waals surface area contributed by atoms with Crippen molar-refractivity contribution in [3.8, 4) is 5.75 Å². The molecule has 4 heteroatoms. The van der Waals surface area contributed by atoms with Crippen LogP contribution in [-0.2, 0) is 0 Å². The highest BCUT2D eigenvalue weighted by atomic mass is 79.9. The molecule has 1 unspecified atom stereocenters. The Morgan fingerprint density at radius 1 is 1.25 bits per heavy atom. The lowest BCUT2D eigenvalue weighted by atomic mass is 10.0. The van der Waals surface area contributed by atoms with Gasteiger partial charge in [-0.3, -0.25) is 4.90 Å². The summed E-state index contributed by atoms with van der Waals surface area (Å²) in [7, 11) is 1.69. The summed E-state index contributed by atoms with van der Waals surface area (Å²) in [6.07, 6.45) is 0. The zero-order valence-electron chi connectivity index (χ0n) is 13.2. The number of benzene rings is 1. The molecule has 0 saturated carbocycles. The summed E-state index contributed by atoms with van der Waals surface area (Å²) in [5, 5.41) is 0. The van der Waals surface area contributed by atoms with Crippen LogP contribution in [0.5, 0.6) is 5.75 Å². The standard InChI is InChI=1S/C16H27BrN2O/c1-11(2)10-19(12(3)4)16(9-18)14-8-13(20-5)6-7-15(14)17/h6-8,11-12,16H,9-10,18H2,1-5H3. The maximum Gasteiger partial charge on any atom is 0.119 e. The number of nitrogens with zero attached hydrogens (tertiary/aromatic N) is 1. The molecule has 1 rings (SSSR count). The SMILES string of the molecule is COc1ccc(Br)c(C(CN)N(CC(C)C)C(C)C)c1. The highest BCUT2D eigenvalue weighted by Crippen LogP contribution is 2.32. The van der Waals surface area contributed by atoms with E-state index in [-0.39, 0.29) is 6.04 Å². The lowest BCUT2D eigenvalue weighted by Crippen LogP contribution is -2.41. The van der Waals surface area contributed by atoms with Gasteiger partial charge in [0.1, 0.15) is 5.75 Å². The Morgan fingerprint density at radius 3 is 2.35 bits per heavy atom. The Bertz CT molecular complexity index is 421. The monoisotopic (exact) mass is 342 g/mol. The van der Waals surface area contributed by atoms with E-state index in [2.05, 4.69) is 54.6 Å². The molecule has 0 amide bonds. The molecule has 0 saturated heterocycles. The third kappa shape index (κ3) is 4.47. The Balaban J connectivity index is 3.15. The molecule has 114 valence electrons. The second-order valence-corrected chi connectivity index (χ2v) is 6.68. The van der Waals surface area contributed by atoms with Crippen LogP contribution in [0.2, 0.25) is 0 Å². The van der Waals surface area contributed by atoms with E-state index in [4.69, 9.17) is 10.5 Å². The van der Waals surface area contributed by atoms with Gasteiger partial charge in [0.2, 0.25) is 0 Å². The van der Waals surface area contributed by atoms with Crippen molar-refractivity contribution >= 4 is 15.9 Å². The van der Waals surface area contributed by atoms with Gasteiger partial charge in [-0.2, -0.15) is 0 Å². The smallest absolute Gasteiger partial charge is 0.119 e. The van der Waals surface area contributed by atoms with Crippen LogP contribution in [0, 0.1) is 5.92 Å².